The molecule has 1 nitrogen and oxygen atoms in total. The van der Waals surface area contributed by atoms with Gasteiger partial charge >= 0.3 is 0 Å². The molecule has 1 rings (SSSR count). The monoisotopic (exact) mass is 269 g/mol. The Morgan fingerprint density at radius 1 is 1.44 bits per heavy atom. The van der Waals surface area contributed by atoms with Crippen molar-refractivity contribution in [1.82, 2.24) is 4.98 Å². The molecular weight excluding hydrogens is 269 g/mol. The molecule has 0 aliphatic heterocycles. The maximum absolute atomic E-state index is 5.72. The van der Waals surface area contributed by atoms with Crippen LogP contribution in [0.25, 0.3) is 0 Å². The number of hydrogen-bond donors (Lipinski definition) is 0. The third kappa shape index (κ3) is 1.66. The molecule has 0 atom stereocenters. The van der Waals surface area contributed by atoms with Crippen molar-refractivity contribution in [1.29, 1.82) is 0 Å². The van der Waals surface area contributed by atoms with Gasteiger partial charge in [0, 0.05) is 10.7 Å². The van der Waals surface area contributed by atoms with Crippen LogP contribution in [0.3, 0.4) is 0 Å². The van der Waals surface area contributed by atoms with E-state index in [1.54, 1.807) is 12.3 Å². The predicted molar refractivity (Wildman–Crippen MR) is 44.6 cm³/mol. The fourth-order valence-corrected chi connectivity index (χ4v) is 1.41. The Hall–Kier alpha value is 0.400. The Bertz CT molecular complexity index is 206. The summed E-state index contributed by atoms with van der Waals surface area (Å²) in [5.41, 5.74) is 0. The first-order chi connectivity index (χ1) is 4.22. The van der Waals surface area contributed by atoms with E-state index in [4.69, 9.17) is 11.6 Å². The Morgan fingerprint density at radius 3 is 2.56 bits per heavy atom. The van der Waals surface area contributed by atoms with E-state index >= 15 is 0 Å². The lowest BCUT2D eigenvalue weighted by Gasteiger charge is -1.94. The topological polar surface area (TPSA) is 12.9 Å². The molecule has 0 saturated heterocycles. The summed E-state index contributed by atoms with van der Waals surface area (Å²) in [4.78, 5) is 3.89. The summed E-state index contributed by atoms with van der Waals surface area (Å²) in [5, 5.41) is 0.609. The summed E-state index contributed by atoms with van der Waals surface area (Å²) in [7, 11) is 0. The van der Waals surface area contributed by atoms with Crippen LogP contribution >= 0.6 is 43.5 Å². The second-order valence-corrected chi connectivity index (χ2v) is 3.38. The van der Waals surface area contributed by atoms with Crippen molar-refractivity contribution in [3.63, 3.8) is 0 Å². The third-order valence-electron chi connectivity index (χ3n) is 0.800. The predicted octanol–water partition coefficient (Wildman–Crippen LogP) is 3.26. The number of halogens is 3. The van der Waals surface area contributed by atoms with E-state index in [1.807, 2.05) is 0 Å². The molecule has 48 valence electrons. The van der Waals surface area contributed by atoms with Crippen molar-refractivity contribution in [2.24, 2.45) is 0 Å². The molecule has 0 spiro atoms. The number of rotatable bonds is 0. The zero-order valence-electron chi connectivity index (χ0n) is 4.24. The van der Waals surface area contributed by atoms with Gasteiger partial charge in [0.25, 0.3) is 0 Å². The number of pyridine rings is 1. The van der Waals surface area contributed by atoms with E-state index in [1.165, 1.54) is 0 Å². The van der Waals surface area contributed by atoms with Crippen LogP contribution in [0.2, 0.25) is 5.02 Å². The van der Waals surface area contributed by atoms with Gasteiger partial charge in [0.05, 0.1) is 5.02 Å². The zero-order chi connectivity index (χ0) is 6.85. The van der Waals surface area contributed by atoms with E-state index in [9.17, 15) is 0 Å². The van der Waals surface area contributed by atoms with Crippen LogP contribution in [0.4, 0.5) is 0 Å². The van der Waals surface area contributed by atoms with E-state index < -0.39 is 0 Å². The van der Waals surface area contributed by atoms with Crippen molar-refractivity contribution >= 4 is 43.5 Å². The first kappa shape index (κ1) is 7.51. The molecule has 0 aliphatic carbocycles. The fourth-order valence-electron chi connectivity index (χ4n) is 0.397. The van der Waals surface area contributed by atoms with Crippen LogP contribution in [0.1, 0.15) is 0 Å². The maximum Gasteiger partial charge on any atom is 0.125 e. The molecule has 9 heavy (non-hydrogen) atoms. The zero-order valence-corrected chi connectivity index (χ0v) is 8.16. The van der Waals surface area contributed by atoms with Crippen molar-refractivity contribution in [2.75, 3.05) is 0 Å². The van der Waals surface area contributed by atoms with Crippen LogP contribution in [0, 0.1) is 0 Å². The molecule has 0 N–H and O–H groups in total. The van der Waals surface area contributed by atoms with Crippen LogP contribution in [0.5, 0.6) is 0 Å². The lowest BCUT2D eigenvalue weighted by Crippen LogP contribution is -1.75. The highest BCUT2D eigenvalue weighted by Crippen LogP contribution is 2.27. The SMILES string of the molecule is Clc1c(Br)ccnc1Br. The van der Waals surface area contributed by atoms with Gasteiger partial charge in [0.15, 0.2) is 0 Å². The van der Waals surface area contributed by atoms with Gasteiger partial charge in [-0.1, -0.05) is 11.6 Å². The van der Waals surface area contributed by atoms with Gasteiger partial charge in [-0.25, -0.2) is 4.98 Å². The molecule has 0 unspecified atom stereocenters. The molecule has 0 fully saturated rings. The molecule has 0 amide bonds. The molecule has 4 heteroatoms. The minimum Gasteiger partial charge on any atom is -0.248 e. The first-order valence-electron chi connectivity index (χ1n) is 2.17. The summed E-state index contributed by atoms with van der Waals surface area (Å²) in [6.45, 7) is 0. The summed E-state index contributed by atoms with van der Waals surface area (Å²) in [6.07, 6.45) is 1.67. The van der Waals surface area contributed by atoms with Gasteiger partial charge in [-0.05, 0) is 37.9 Å². The molecule has 1 heterocycles. The highest BCUT2D eigenvalue weighted by atomic mass is 79.9. The largest absolute Gasteiger partial charge is 0.248 e. The van der Waals surface area contributed by atoms with Gasteiger partial charge in [-0.3, -0.25) is 0 Å². The summed E-state index contributed by atoms with van der Waals surface area (Å²) in [5.74, 6) is 0. The normalized spacial score (nSPS) is 9.67. The van der Waals surface area contributed by atoms with Crippen molar-refractivity contribution in [2.45, 2.75) is 0 Å². The quantitative estimate of drug-likeness (QED) is 0.660. The average Bonchev–Trinajstić information content (AvgIpc) is 1.83. The molecule has 1 aromatic rings. The van der Waals surface area contributed by atoms with Crippen molar-refractivity contribution < 1.29 is 0 Å². The van der Waals surface area contributed by atoms with E-state index in [0.717, 1.165) is 4.47 Å². The Balaban J connectivity index is 3.25. The molecule has 0 saturated carbocycles. The highest BCUT2D eigenvalue weighted by molar-refractivity contribution is 9.11. The molecule has 1 aromatic heterocycles. The Labute approximate surface area is 74.7 Å². The fraction of sp³-hybridized carbons (Fsp3) is 0. The Morgan fingerprint density at radius 2 is 2.11 bits per heavy atom. The standard InChI is InChI=1S/C5H2Br2ClN/c6-3-1-2-9-5(7)4(3)8/h1-2H. The summed E-state index contributed by atoms with van der Waals surface area (Å²) < 4.78 is 1.52. The molecule has 0 radical (unpaired) electrons. The van der Waals surface area contributed by atoms with E-state index in [-0.39, 0.29) is 0 Å². The molecule has 0 bridgehead atoms. The van der Waals surface area contributed by atoms with Gasteiger partial charge < -0.3 is 0 Å². The van der Waals surface area contributed by atoms with Crippen LogP contribution in [-0.2, 0) is 0 Å². The number of nitrogens with zero attached hydrogens (tertiary/aromatic N) is 1. The second kappa shape index (κ2) is 2.99. The lowest BCUT2D eigenvalue weighted by atomic mass is 10.5. The smallest absolute Gasteiger partial charge is 0.125 e. The second-order valence-electron chi connectivity index (χ2n) is 1.40. The van der Waals surface area contributed by atoms with Crippen LogP contribution < -0.4 is 0 Å². The minimum absolute atomic E-state index is 0.609. The Kier molecular flexibility index (Phi) is 2.50. The molecule has 0 aliphatic rings. The van der Waals surface area contributed by atoms with E-state index in [0.29, 0.717) is 9.63 Å². The van der Waals surface area contributed by atoms with Gasteiger partial charge in [-0.15, -0.1) is 0 Å². The first-order valence-corrected chi connectivity index (χ1v) is 4.13. The molecule has 0 aromatic carbocycles. The maximum atomic E-state index is 5.72. The van der Waals surface area contributed by atoms with Crippen molar-refractivity contribution in [3.05, 3.63) is 26.4 Å². The van der Waals surface area contributed by atoms with E-state index in [2.05, 4.69) is 36.8 Å². The lowest BCUT2D eigenvalue weighted by molar-refractivity contribution is 1.27. The van der Waals surface area contributed by atoms with Gasteiger partial charge in [0.1, 0.15) is 4.60 Å². The minimum atomic E-state index is 0.609. The molecular formula is C5H2Br2ClN. The number of aromatic nitrogens is 1. The van der Waals surface area contributed by atoms with Crippen LogP contribution in [-0.4, -0.2) is 4.98 Å². The van der Waals surface area contributed by atoms with Gasteiger partial charge in [-0.2, -0.15) is 0 Å². The highest BCUT2D eigenvalue weighted by Gasteiger charge is 1.99. The summed E-state index contributed by atoms with van der Waals surface area (Å²) >= 11 is 12.1. The van der Waals surface area contributed by atoms with Gasteiger partial charge in [0.2, 0.25) is 0 Å². The summed E-state index contributed by atoms with van der Waals surface area (Å²) in [6, 6.07) is 1.78. The third-order valence-corrected chi connectivity index (χ3v) is 2.90. The number of hydrogen-bond acceptors (Lipinski definition) is 1. The van der Waals surface area contributed by atoms with Crippen molar-refractivity contribution in [3.8, 4) is 0 Å². The van der Waals surface area contributed by atoms with Crippen LogP contribution in [0.15, 0.2) is 21.3 Å². The average molecular weight is 271 g/mol.